The molecular formula is C16H10F8O3S2. The molecule has 0 aliphatic rings. The first-order valence-corrected chi connectivity index (χ1v) is 9.31. The Morgan fingerprint density at radius 3 is 1.97 bits per heavy atom. The lowest BCUT2D eigenvalue weighted by molar-refractivity contribution is -0.240. The van der Waals surface area contributed by atoms with E-state index in [1.165, 1.54) is 0 Å². The van der Waals surface area contributed by atoms with Crippen molar-refractivity contribution >= 4 is 22.8 Å². The molecule has 2 aromatic carbocycles. The van der Waals surface area contributed by atoms with Crippen LogP contribution in [-0.2, 0) is 17.7 Å². The highest BCUT2D eigenvalue weighted by Gasteiger charge is 2.75. The molecule has 13 heteroatoms. The summed E-state index contributed by atoms with van der Waals surface area (Å²) in [7, 11) is 0. The van der Waals surface area contributed by atoms with Crippen molar-refractivity contribution in [3.63, 3.8) is 0 Å². The van der Waals surface area contributed by atoms with Gasteiger partial charge in [0.1, 0.15) is 24.0 Å². The van der Waals surface area contributed by atoms with E-state index < -0.39 is 61.6 Å². The highest BCUT2D eigenvalue weighted by atomic mass is 32.2. The van der Waals surface area contributed by atoms with Crippen LogP contribution in [0.3, 0.4) is 0 Å². The van der Waals surface area contributed by atoms with Crippen molar-refractivity contribution in [2.75, 3.05) is 0 Å². The van der Waals surface area contributed by atoms with E-state index in [2.05, 4.69) is 0 Å². The maximum absolute atomic E-state index is 14.0. The Kier molecular flexibility index (Phi) is 6.85. The predicted molar refractivity (Wildman–Crippen MR) is 88.6 cm³/mol. The fourth-order valence-corrected chi connectivity index (χ4v) is 3.17. The van der Waals surface area contributed by atoms with Crippen molar-refractivity contribution in [1.29, 1.82) is 0 Å². The molecule has 0 amide bonds. The zero-order valence-corrected chi connectivity index (χ0v) is 15.5. The zero-order chi connectivity index (χ0) is 22.0. The van der Waals surface area contributed by atoms with Crippen LogP contribution in [0.4, 0.5) is 35.1 Å². The minimum Gasteiger partial charge on any atom is -0.489 e. The molecule has 0 radical (unpaired) electrons. The molecule has 2 rings (SSSR count). The Bertz CT molecular complexity index is 870. The first-order valence-electron chi connectivity index (χ1n) is 7.39. The van der Waals surface area contributed by atoms with E-state index in [9.17, 15) is 39.3 Å². The molecule has 0 spiro atoms. The fraction of sp³-hybridized carbons (Fsp3) is 0.250. The van der Waals surface area contributed by atoms with Crippen LogP contribution in [0, 0.1) is 11.6 Å². The molecule has 1 atom stereocenters. The summed E-state index contributed by atoms with van der Waals surface area (Å²) >= 11 is -6.21. The van der Waals surface area contributed by atoms with Crippen molar-refractivity contribution in [2.45, 2.75) is 27.9 Å². The Morgan fingerprint density at radius 1 is 0.966 bits per heavy atom. The summed E-state index contributed by atoms with van der Waals surface area (Å²) in [5.74, 6) is -10.4. The predicted octanol–water partition coefficient (Wildman–Crippen LogP) is 5.68. The Hall–Kier alpha value is -1.86. The van der Waals surface area contributed by atoms with Gasteiger partial charge in [-0.1, -0.05) is 30.3 Å². The van der Waals surface area contributed by atoms with E-state index in [1.54, 1.807) is 30.3 Å². The second-order valence-electron chi connectivity index (χ2n) is 5.45. The summed E-state index contributed by atoms with van der Waals surface area (Å²) in [4.78, 5) is -1.69. The van der Waals surface area contributed by atoms with E-state index in [0.717, 1.165) is 0 Å². The molecule has 0 aliphatic heterocycles. The SMILES string of the molecule is O=S(O)C(F)(F)C(F)(F)C(F)(F)Sc1c(F)cc(OCc2ccccc2)cc1F. The number of rotatable bonds is 8. The number of benzene rings is 2. The average Bonchev–Trinajstić information content (AvgIpc) is 2.63. The maximum Gasteiger partial charge on any atom is 0.413 e. The Balaban J connectivity index is 2.25. The topological polar surface area (TPSA) is 46.5 Å². The second kappa shape index (κ2) is 8.48. The van der Waals surface area contributed by atoms with E-state index in [0.29, 0.717) is 17.7 Å². The number of halogens is 8. The average molecular weight is 466 g/mol. The van der Waals surface area contributed by atoms with Crippen molar-refractivity contribution in [3.8, 4) is 5.75 Å². The third-order valence-corrected chi connectivity index (χ3v) is 5.20. The largest absolute Gasteiger partial charge is 0.489 e. The molecular weight excluding hydrogens is 456 g/mol. The van der Waals surface area contributed by atoms with Crippen LogP contribution in [0.1, 0.15) is 5.56 Å². The third-order valence-electron chi connectivity index (χ3n) is 3.40. The van der Waals surface area contributed by atoms with Crippen LogP contribution in [0.5, 0.6) is 5.75 Å². The molecule has 0 aromatic heterocycles. The highest BCUT2D eigenvalue weighted by Crippen LogP contribution is 2.55. The normalized spacial score (nSPS) is 14.0. The minimum atomic E-state index is -6.40. The maximum atomic E-state index is 14.0. The van der Waals surface area contributed by atoms with Crippen LogP contribution in [0.25, 0.3) is 0 Å². The molecule has 0 bridgehead atoms. The highest BCUT2D eigenvalue weighted by molar-refractivity contribution is 8.00. The van der Waals surface area contributed by atoms with Crippen molar-refractivity contribution in [2.24, 2.45) is 0 Å². The van der Waals surface area contributed by atoms with E-state index >= 15 is 0 Å². The van der Waals surface area contributed by atoms with Crippen molar-refractivity contribution in [3.05, 3.63) is 59.7 Å². The molecule has 1 N–H and O–H groups in total. The van der Waals surface area contributed by atoms with Crippen LogP contribution < -0.4 is 4.74 Å². The summed E-state index contributed by atoms with van der Waals surface area (Å²) in [6, 6.07) is 9.04. The van der Waals surface area contributed by atoms with Gasteiger partial charge in [0.05, 0.1) is 4.90 Å². The molecule has 0 aliphatic carbocycles. The number of hydrogen-bond acceptors (Lipinski definition) is 3. The molecule has 3 nitrogen and oxygen atoms in total. The van der Waals surface area contributed by atoms with Gasteiger partial charge in [-0.3, -0.25) is 0 Å². The molecule has 1 unspecified atom stereocenters. The van der Waals surface area contributed by atoms with Gasteiger partial charge in [-0.05, 0) is 17.3 Å². The summed E-state index contributed by atoms with van der Waals surface area (Å²) in [5.41, 5.74) is 0.595. The molecule has 160 valence electrons. The van der Waals surface area contributed by atoms with Gasteiger partial charge >= 0.3 is 16.4 Å². The van der Waals surface area contributed by atoms with Crippen LogP contribution in [0.2, 0.25) is 0 Å². The van der Waals surface area contributed by atoms with Crippen LogP contribution >= 0.6 is 11.8 Å². The molecule has 0 fully saturated rings. The quantitative estimate of drug-likeness (QED) is 0.309. The van der Waals surface area contributed by atoms with Gasteiger partial charge in [-0.15, -0.1) is 0 Å². The van der Waals surface area contributed by atoms with E-state index in [-0.39, 0.29) is 6.61 Å². The smallest absolute Gasteiger partial charge is 0.413 e. The van der Waals surface area contributed by atoms with Crippen LogP contribution in [-0.4, -0.2) is 25.2 Å². The number of alkyl halides is 6. The van der Waals surface area contributed by atoms with Crippen molar-refractivity contribution in [1.82, 2.24) is 0 Å². The van der Waals surface area contributed by atoms with Gasteiger partial charge in [-0.2, -0.15) is 26.3 Å². The lowest BCUT2D eigenvalue weighted by atomic mass is 10.2. The molecule has 0 saturated heterocycles. The fourth-order valence-electron chi connectivity index (χ4n) is 1.93. The lowest BCUT2D eigenvalue weighted by Crippen LogP contribution is -2.54. The lowest BCUT2D eigenvalue weighted by Gasteiger charge is -2.30. The Morgan fingerprint density at radius 2 is 1.48 bits per heavy atom. The number of hydrogen-bond donors (Lipinski definition) is 1. The zero-order valence-electron chi connectivity index (χ0n) is 13.9. The molecule has 29 heavy (non-hydrogen) atoms. The monoisotopic (exact) mass is 466 g/mol. The molecule has 2 aromatic rings. The van der Waals surface area contributed by atoms with E-state index in [4.69, 9.17) is 9.29 Å². The second-order valence-corrected chi connectivity index (χ2v) is 7.59. The first-order chi connectivity index (χ1) is 13.3. The molecule has 0 heterocycles. The summed E-state index contributed by atoms with van der Waals surface area (Å²) in [6.45, 7) is -0.158. The number of thioether (sulfide) groups is 1. The third kappa shape index (κ3) is 4.83. The van der Waals surface area contributed by atoms with Gasteiger partial charge in [0.15, 0.2) is 0 Å². The van der Waals surface area contributed by atoms with Gasteiger partial charge in [0.25, 0.3) is 0 Å². The number of ether oxygens (including phenoxy) is 1. The summed E-state index contributed by atoms with van der Waals surface area (Å²) in [5, 5.41) is -11.9. The van der Waals surface area contributed by atoms with Crippen molar-refractivity contribution < 1.29 is 48.6 Å². The van der Waals surface area contributed by atoms with Crippen LogP contribution in [0.15, 0.2) is 47.4 Å². The molecule has 0 saturated carbocycles. The van der Waals surface area contributed by atoms with E-state index in [1.807, 2.05) is 0 Å². The summed E-state index contributed by atoms with van der Waals surface area (Å²) in [6.07, 6.45) is 0. The summed E-state index contributed by atoms with van der Waals surface area (Å²) < 4.78 is 132. The van der Waals surface area contributed by atoms with Gasteiger partial charge in [-0.25, -0.2) is 13.0 Å². The first kappa shape index (κ1) is 23.4. The Labute approximate surface area is 165 Å². The standard InChI is InChI=1S/C16H10F8O3S2/c17-11-6-10(27-8-9-4-2-1-3-5-9)7-12(18)13(11)28-15(21,22)14(19,20)16(23,24)29(25)26/h1-7H,8H2,(H,25,26). The van der Waals surface area contributed by atoms with Gasteiger partial charge < -0.3 is 9.29 Å². The minimum absolute atomic E-state index is 0.158. The van der Waals surface area contributed by atoms with Gasteiger partial charge in [0.2, 0.25) is 11.1 Å². The van der Waals surface area contributed by atoms with Gasteiger partial charge in [0, 0.05) is 12.1 Å².